The number of para-hydroxylation sites is 1. The van der Waals surface area contributed by atoms with Gasteiger partial charge in [-0.2, -0.15) is 0 Å². The molecule has 0 aromatic heterocycles. The van der Waals surface area contributed by atoms with Crippen molar-refractivity contribution >= 4 is 40.7 Å². The molecule has 3 aromatic carbocycles. The molecule has 0 bridgehead atoms. The van der Waals surface area contributed by atoms with Gasteiger partial charge >= 0.3 is 0 Å². The zero-order valence-electron chi connectivity index (χ0n) is 17.3. The number of amides is 2. The van der Waals surface area contributed by atoms with Gasteiger partial charge in [0.25, 0.3) is 11.8 Å². The van der Waals surface area contributed by atoms with E-state index in [1.54, 1.807) is 29.2 Å². The number of benzene rings is 3. The molecule has 5 nitrogen and oxygen atoms in total. The summed E-state index contributed by atoms with van der Waals surface area (Å²) >= 11 is 11.9. The molecule has 0 aliphatic heterocycles. The standard InChI is InChI=1S/C24H23Cl2N3O2/c1-28(2)16-29(20-9-4-3-5-10-20)24(31)19-8-6-7-17(13-19)15-27-23(30)18-11-12-21(25)22(26)14-18/h3-14H,15-16H2,1-2H3,(H,27,30). The lowest BCUT2D eigenvalue weighted by Crippen LogP contribution is -2.38. The highest BCUT2D eigenvalue weighted by atomic mass is 35.5. The molecule has 3 rings (SSSR count). The predicted molar refractivity (Wildman–Crippen MR) is 126 cm³/mol. The molecular formula is C24H23Cl2N3O2. The number of rotatable bonds is 7. The maximum atomic E-state index is 13.2. The third-order valence-corrected chi connectivity index (χ3v) is 5.29. The van der Waals surface area contributed by atoms with Gasteiger partial charge in [0.2, 0.25) is 0 Å². The Morgan fingerprint density at radius 2 is 1.58 bits per heavy atom. The molecule has 0 unspecified atom stereocenters. The second-order valence-corrected chi connectivity index (χ2v) is 8.12. The van der Waals surface area contributed by atoms with Crippen molar-refractivity contribution < 1.29 is 9.59 Å². The first-order valence-corrected chi connectivity index (χ1v) is 10.4. The third-order valence-electron chi connectivity index (χ3n) is 4.55. The van der Waals surface area contributed by atoms with Crippen LogP contribution in [0.25, 0.3) is 0 Å². The molecule has 0 atom stereocenters. The van der Waals surface area contributed by atoms with Crippen LogP contribution in [0.15, 0.2) is 72.8 Å². The molecule has 7 heteroatoms. The van der Waals surface area contributed by atoms with Crippen LogP contribution in [-0.2, 0) is 6.54 Å². The smallest absolute Gasteiger partial charge is 0.259 e. The van der Waals surface area contributed by atoms with Crippen LogP contribution in [0.2, 0.25) is 10.0 Å². The molecule has 0 saturated carbocycles. The number of hydrogen-bond acceptors (Lipinski definition) is 3. The number of anilines is 1. The molecule has 160 valence electrons. The normalized spacial score (nSPS) is 10.7. The van der Waals surface area contributed by atoms with E-state index in [0.29, 0.717) is 27.8 Å². The summed E-state index contributed by atoms with van der Waals surface area (Å²) in [5.41, 5.74) is 2.60. The number of nitrogens with zero attached hydrogens (tertiary/aromatic N) is 2. The van der Waals surface area contributed by atoms with Crippen LogP contribution in [0.1, 0.15) is 26.3 Å². The lowest BCUT2D eigenvalue weighted by molar-refractivity contribution is 0.0949. The van der Waals surface area contributed by atoms with Gasteiger partial charge in [0.1, 0.15) is 0 Å². The zero-order valence-corrected chi connectivity index (χ0v) is 18.8. The number of carbonyl (C=O) groups excluding carboxylic acids is 2. The van der Waals surface area contributed by atoms with Gasteiger partial charge in [-0.15, -0.1) is 0 Å². The quantitative estimate of drug-likeness (QED) is 0.504. The molecule has 3 aromatic rings. The lowest BCUT2D eigenvalue weighted by Gasteiger charge is -2.26. The summed E-state index contributed by atoms with van der Waals surface area (Å²) in [5, 5.41) is 3.56. The number of nitrogens with one attached hydrogen (secondary N) is 1. The number of halogens is 2. The van der Waals surface area contributed by atoms with E-state index < -0.39 is 0 Å². The highest BCUT2D eigenvalue weighted by Gasteiger charge is 2.18. The van der Waals surface area contributed by atoms with Crippen molar-refractivity contribution in [1.29, 1.82) is 0 Å². The van der Waals surface area contributed by atoms with Crippen LogP contribution in [0.3, 0.4) is 0 Å². The molecule has 31 heavy (non-hydrogen) atoms. The summed E-state index contributed by atoms with van der Waals surface area (Å²) in [7, 11) is 3.83. The third kappa shape index (κ3) is 6.07. The Kier molecular flexibility index (Phi) is 7.69. The topological polar surface area (TPSA) is 52.6 Å². The Morgan fingerprint density at radius 1 is 0.839 bits per heavy atom. The number of hydrogen-bond donors (Lipinski definition) is 1. The van der Waals surface area contributed by atoms with E-state index in [9.17, 15) is 9.59 Å². The predicted octanol–water partition coefficient (Wildman–Crippen LogP) is 5.09. The molecule has 0 radical (unpaired) electrons. The first kappa shape index (κ1) is 22.8. The van der Waals surface area contributed by atoms with E-state index in [1.165, 1.54) is 6.07 Å². The van der Waals surface area contributed by atoms with Gasteiger partial charge in [0.05, 0.1) is 16.7 Å². The van der Waals surface area contributed by atoms with Crippen molar-refractivity contribution in [3.05, 3.63) is 99.5 Å². The average molecular weight is 456 g/mol. The molecule has 0 saturated heterocycles. The molecule has 0 aliphatic rings. The molecule has 0 aliphatic carbocycles. The van der Waals surface area contributed by atoms with Gasteiger partial charge in [0, 0.05) is 23.4 Å². The summed E-state index contributed by atoms with van der Waals surface area (Å²) in [4.78, 5) is 29.3. The SMILES string of the molecule is CN(C)CN(C(=O)c1cccc(CNC(=O)c2ccc(Cl)c(Cl)c2)c1)c1ccccc1. The van der Waals surface area contributed by atoms with Crippen molar-refractivity contribution in [3.8, 4) is 0 Å². The average Bonchev–Trinajstić information content (AvgIpc) is 2.78. The van der Waals surface area contributed by atoms with Crippen LogP contribution in [0.4, 0.5) is 5.69 Å². The highest BCUT2D eigenvalue weighted by Crippen LogP contribution is 2.22. The van der Waals surface area contributed by atoms with E-state index >= 15 is 0 Å². The second-order valence-electron chi connectivity index (χ2n) is 7.30. The minimum absolute atomic E-state index is 0.113. The van der Waals surface area contributed by atoms with Gasteiger partial charge in [-0.25, -0.2) is 0 Å². The Morgan fingerprint density at radius 3 is 2.26 bits per heavy atom. The van der Waals surface area contributed by atoms with Crippen molar-refractivity contribution in [3.63, 3.8) is 0 Å². The van der Waals surface area contributed by atoms with E-state index in [0.717, 1.165) is 11.3 Å². The van der Waals surface area contributed by atoms with Crippen LogP contribution < -0.4 is 10.2 Å². The summed E-state index contributed by atoms with van der Waals surface area (Å²) in [5.74, 6) is -0.383. The largest absolute Gasteiger partial charge is 0.348 e. The number of carbonyl (C=O) groups is 2. The first-order valence-electron chi connectivity index (χ1n) is 9.69. The monoisotopic (exact) mass is 455 g/mol. The Bertz CT molecular complexity index is 1070. The van der Waals surface area contributed by atoms with Gasteiger partial charge in [-0.05, 0) is 62.1 Å². The first-order chi connectivity index (χ1) is 14.8. The van der Waals surface area contributed by atoms with Crippen molar-refractivity contribution in [2.24, 2.45) is 0 Å². The van der Waals surface area contributed by atoms with Crippen molar-refractivity contribution in [1.82, 2.24) is 10.2 Å². The van der Waals surface area contributed by atoms with E-state index in [-0.39, 0.29) is 18.4 Å². The molecule has 1 N–H and O–H groups in total. The van der Waals surface area contributed by atoms with E-state index in [4.69, 9.17) is 23.2 Å². The second kappa shape index (κ2) is 10.4. The summed E-state index contributed by atoms with van der Waals surface area (Å²) in [6.45, 7) is 0.723. The van der Waals surface area contributed by atoms with Gasteiger partial charge in [-0.1, -0.05) is 53.5 Å². The maximum Gasteiger partial charge on any atom is 0.259 e. The van der Waals surface area contributed by atoms with Crippen LogP contribution in [0.5, 0.6) is 0 Å². The molecule has 2 amide bonds. The fraction of sp³-hybridized carbons (Fsp3) is 0.167. The lowest BCUT2D eigenvalue weighted by atomic mass is 10.1. The van der Waals surface area contributed by atoms with Gasteiger partial charge in [0.15, 0.2) is 0 Å². The maximum absolute atomic E-state index is 13.2. The van der Waals surface area contributed by atoms with Gasteiger partial charge < -0.3 is 5.32 Å². The highest BCUT2D eigenvalue weighted by molar-refractivity contribution is 6.42. The minimum Gasteiger partial charge on any atom is -0.348 e. The fourth-order valence-electron chi connectivity index (χ4n) is 3.05. The van der Waals surface area contributed by atoms with Crippen LogP contribution in [-0.4, -0.2) is 37.5 Å². The summed E-state index contributed by atoms with van der Waals surface area (Å²) < 4.78 is 0. The Hall–Kier alpha value is -2.86. The van der Waals surface area contributed by atoms with E-state index in [1.807, 2.05) is 61.5 Å². The molecule has 0 spiro atoms. The van der Waals surface area contributed by atoms with Gasteiger partial charge in [-0.3, -0.25) is 19.4 Å². The van der Waals surface area contributed by atoms with E-state index in [2.05, 4.69) is 5.32 Å². The van der Waals surface area contributed by atoms with Crippen LogP contribution in [0, 0.1) is 0 Å². The molecule has 0 heterocycles. The summed E-state index contributed by atoms with van der Waals surface area (Å²) in [6.07, 6.45) is 0. The Balaban J connectivity index is 1.74. The summed E-state index contributed by atoms with van der Waals surface area (Å²) in [6, 6.07) is 21.5. The van der Waals surface area contributed by atoms with Crippen LogP contribution >= 0.6 is 23.2 Å². The zero-order chi connectivity index (χ0) is 22.4. The molecular weight excluding hydrogens is 433 g/mol. The van der Waals surface area contributed by atoms with Crippen molar-refractivity contribution in [2.75, 3.05) is 25.7 Å². The minimum atomic E-state index is -0.270. The molecule has 0 fully saturated rings. The van der Waals surface area contributed by atoms with Crippen molar-refractivity contribution in [2.45, 2.75) is 6.54 Å². The Labute approximate surface area is 192 Å². The fourth-order valence-corrected chi connectivity index (χ4v) is 3.34.